The summed E-state index contributed by atoms with van der Waals surface area (Å²) < 4.78 is 13.6. The molecule has 5 nitrogen and oxygen atoms in total. The molecule has 0 aromatic rings. The Balaban J connectivity index is 1.76. The monoisotopic (exact) mass is 645 g/mol. The quantitative estimate of drug-likeness (QED) is 0.115. The summed E-state index contributed by atoms with van der Waals surface area (Å²) in [7, 11) is 1.88. The van der Waals surface area contributed by atoms with Gasteiger partial charge < -0.3 is 8.85 Å². The summed E-state index contributed by atoms with van der Waals surface area (Å²) in [6.07, 6.45) is 18.8. The van der Waals surface area contributed by atoms with Crippen LogP contribution in [0, 0.1) is 35.0 Å². The van der Waals surface area contributed by atoms with Gasteiger partial charge in [0, 0.05) is 13.1 Å². The zero-order valence-electron chi connectivity index (χ0n) is 30.5. The Morgan fingerprint density at radius 2 is 1.52 bits per heavy atom. The van der Waals surface area contributed by atoms with Gasteiger partial charge >= 0.3 is 0 Å². The summed E-state index contributed by atoms with van der Waals surface area (Å²) >= 11 is 0. The van der Waals surface area contributed by atoms with Gasteiger partial charge in [0.1, 0.15) is 0 Å². The van der Waals surface area contributed by atoms with Crippen molar-refractivity contribution in [2.45, 2.75) is 143 Å². The van der Waals surface area contributed by atoms with Crippen LogP contribution in [0.4, 0.5) is 0 Å². The lowest BCUT2D eigenvalue weighted by Crippen LogP contribution is -2.36. The van der Waals surface area contributed by atoms with Crippen molar-refractivity contribution in [3.05, 3.63) is 35.5 Å². The minimum atomic E-state index is -0.657. The van der Waals surface area contributed by atoms with E-state index in [1.807, 2.05) is 0 Å². The number of allylic oxidation sites excluding steroid dienone is 4. The van der Waals surface area contributed by atoms with Gasteiger partial charge in [0.25, 0.3) is 5.91 Å². The third-order valence-corrected chi connectivity index (χ3v) is 16.7. The van der Waals surface area contributed by atoms with E-state index in [9.17, 15) is 4.79 Å². The van der Waals surface area contributed by atoms with Crippen LogP contribution in [0.1, 0.15) is 121 Å². The van der Waals surface area contributed by atoms with Crippen LogP contribution in [0.5, 0.6) is 0 Å². The van der Waals surface area contributed by atoms with E-state index in [0.717, 1.165) is 19.3 Å². The van der Waals surface area contributed by atoms with E-state index < -0.39 is 19.5 Å². The summed E-state index contributed by atoms with van der Waals surface area (Å²) in [4.78, 5) is 17.4. The van der Waals surface area contributed by atoms with Crippen LogP contribution in [0.2, 0.25) is 10.1 Å². The van der Waals surface area contributed by atoms with Gasteiger partial charge in [-0.25, -0.2) is 5.06 Å². The molecule has 252 valence electrons. The normalized spacial score (nSPS) is 30.5. The molecule has 0 aliphatic heterocycles. The van der Waals surface area contributed by atoms with Crippen molar-refractivity contribution in [1.29, 1.82) is 0 Å². The highest BCUT2D eigenvalue weighted by molar-refractivity contribution is 6.32. The zero-order chi connectivity index (χ0) is 32.9. The second-order valence-corrected chi connectivity index (χ2v) is 21.6. The SMILES string of the molecule is CON(C)C(=O)/C=C/[C@@H](C)[C@H]1CC[C@H]2/C(=C/C=C3C[C@@H](O[SiH2]C(C)(C)C(C)C)C[C@H](O[SiH2]C(C)(C)C(C)C)C3)CCC[C@]12C. The molecule has 0 aromatic carbocycles. The zero-order valence-corrected chi connectivity index (χ0v) is 33.3. The summed E-state index contributed by atoms with van der Waals surface area (Å²) in [5.41, 5.74) is 3.45. The highest BCUT2D eigenvalue weighted by Crippen LogP contribution is 2.59. The van der Waals surface area contributed by atoms with Crippen molar-refractivity contribution in [3.63, 3.8) is 0 Å². The molecule has 6 atom stereocenters. The van der Waals surface area contributed by atoms with Crippen LogP contribution < -0.4 is 0 Å². The first kappa shape index (κ1) is 37.5. The lowest BCUT2D eigenvalue weighted by Gasteiger charge is -2.44. The van der Waals surface area contributed by atoms with E-state index in [1.54, 1.807) is 18.7 Å². The third-order valence-electron chi connectivity index (χ3n) is 12.3. The molecule has 0 N–H and O–H groups in total. The van der Waals surface area contributed by atoms with Crippen LogP contribution in [0.3, 0.4) is 0 Å². The maximum atomic E-state index is 12.3. The topological polar surface area (TPSA) is 48.0 Å². The van der Waals surface area contributed by atoms with E-state index in [1.165, 1.54) is 49.9 Å². The van der Waals surface area contributed by atoms with E-state index in [0.29, 0.717) is 51.9 Å². The third kappa shape index (κ3) is 9.52. The number of carbonyl (C=O) groups excluding carboxylic acids is 1. The van der Waals surface area contributed by atoms with Crippen molar-refractivity contribution in [1.82, 2.24) is 5.06 Å². The molecule has 3 aliphatic carbocycles. The minimum absolute atomic E-state index is 0.0992. The first-order chi connectivity index (χ1) is 20.5. The number of hydroxylamine groups is 2. The van der Waals surface area contributed by atoms with Crippen molar-refractivity contribution >= 4 is 25.4 Å². The highest BCUT2D eigenvalue weighted by atomic mass is 28.2. The Morgan fingerprint density at radius 3 is 2.05 bits per heavy atom. The molecule has 3 saturated carbocycles. The van der Waals surface area contributed by atoms with Crippen LogP contribution in [-0.4, -0.2) is 56.9 Å². The van der Waals surface area contributed by atoms with Crippen molar-refractivity contribution in [2.75, 3.05) is 14.2 Å². The molecule has 7 heteroatoms. The fourth-order valence-corrected chi connectivity index (χ4v) is 9.95. The maximum Gasteiger partial charge on any atom is 0.269 e. The average molecular weight is 646 g/mol. The van der Waals surface area contributed by atoms with Gasteiger partial charge in [-0.2, -0.15) is 0 Å². The van der Waals surface area contributed by atoms with Crippen molar-refractivity contribution < 1.29 is 18.5 Å². The fourth-order valence-electron chi connectivity index (χ4n) is 7.45. The lowest BCUT2D eigenvalue weighted by molar-refractivity contribution is -0.162. The molecular formula is C37H67NO4Si2. The second kappa shape index (κ2) is 15.7. The second-order valence-electron chi connectivity index (χ2n) is 16.7. The summed E-state index contributed by atoms with van der Waals surface area (Å²) in [6.45, 7) is 23.7. The fraction of sp³-hybridized carbons (Fsp3) is 0.811. The molecule has 0 radical (unpaired) electrons. The number of fused-ring (bicyclic) bond motifs is 1. The van der Waals surface area contributed by atoms with Crippen LogP contribution in [-0.2, 0) is 18.5 Å². The lowest BCUT2D eigenvalue weighted by atomic mass is 9.61. The largest absolute Gasteiger partial charge is 0.420 e. The summed E-state index contributed by atoms with van der Waals surface area (Å²) in [6, 6.07) is 0. The van der Waals surface area contributed by atoms with E-state index in [2.05, 4.69) is 87.5 Å². The summed E-state index contributed by atoms with van der Waals surface area (Å²) in [5.74, 6) is 2.78. The van der Waals surface area contributed by atoms with E-state index in [4.69, 9.17) is 13.7 Å². The first-order valence-corrected chi connectivity index (χ1v) is 20.2. The number of amides is 1. The number of hydrogen-bond acceptors (Lipinski definition) is 4. The van der Waals surface area contributed by atoms with Crippen LogP contribution >= 0.6 is 0 Å². The first-order valence-electron chi connectivity index (χ1n) is 17.6. The smallest absolute Gasteiger partial charge is 0.269 e. The number of hydrogen-bond donors (Lipinski definition) is 0. The van der Waals surface area contributed by atoms with Gasteiger partial charge in [-0.05, 0) is 96.4 Å². The minimum Gasteiger partial charge on any atom is -0.420 e. The molecule has 3 rings (SSSR count). The molecule has 0 bridgehead atoms. The number of likely N-dealkylation sites (N-methyl/N-ethyl adjacent to an activating group) is 1. The van der Waals surface area contributed by atoms with E-state index in [-0.39, 0.29) is 11.3 Å². The molecule has 0 saturated heterocycles. The predicted molar refractivity (Wildman–Crippen MR) is 191 cm³/mol. The Labute approximate surface area is 275 Å². The molecule has 44 heavy (non-hydrogen) atoms. The van der Waals surface area contributed by atoms with Crippen LogP contribution in [0.15, 0.2) is 35.5 Å². The number of rotatable bonds is 13. The van der Waals surface area contributed by atoms with Crippen molar-refractivity contribution in [2.24, 2.45) is 35.0 Å². The van der Waals surface area contributed by atoms with Gasteiger partial charge in [0.15, 0.2) is 19.5 Å². The van der Waals surface area contributed by atoms with Gasteiger partial charge in [-0.3, -0.25) is 9.63 Å². The summed E-state index contributed by atoms with van der Waals surface area (Å²) in [5, 5.41) is 1.90. The Morgan fingerprint density at radius 1 is 0.955 bits per heavy atom. The molecule has 0 spiro atoms. The maximum absolute atomic E-state index is 12.3. The van der Waals surface area contributed by atoms with E-state index >= 15 is 0 Å². The predicted octanol–water partition coefficient (Wildman–Crippen LogP) is 8.10. The molecule has 0 aromatic heterocycles. The van der Waals surface area contributed by atoms with Gasteiger partial charge in [-0.1, -0.05) is 98.6 Å². The molecule has 3 fully saturated rings. The molecule has 3 aliphatic rings. The van der Waals surface area contributed by atoms with Gasteiger partial charge in [-0.15, -0.1) is 0 Å². The average Bonchev–Trinajstić information content (AvgIpc) is 3.33. The number of carbonyl (C=O) groups is 1. The highest BCUT2D eigenvalue weighted by Gasteiger charge is 2.50. The Kier molecular flexibility index (Phi) is 13.4. The van der Waals surface area contributed by atoms with Gasteiger partial charge in [0.05, 0.1) is 19.3 Å². The molecule has 0 unspecified atom stereocenters. The van der Waals surface area contributed by atoms with Crippen LogP contribution in [0.25, 0.3) is 0 Å². The standard InChI is InChI=1S/C37H67NO4Si2/c1-25(2)35(6,7)43-41-30-22-28(23-31(24-30)42-44-36(8,9)26(3)4)16-17-29-14-13-21-37(10)32(18-19-33(29)37)27(5)15-20-34(39)38(11)40-12/h15-17,20,25-27,30-33H,13-14,18-19,21-24,43-44H2,1-12H3/b20-15+,29-17+/t27-,30-,31-,32-,33+,37-/m1/s1. The molecule has 1 amide bonds. The number of nitrogens with zero attached hydrogens (tertiary/aromatic N) is 1. The molecular weight excluding hydrogens is 579 g/mol. The van der Waals surface area contributed by atoms with Crippen molar-refractivity contribution in [3.8, 4) is 0 Å². The molecule has 0 heterocycles. The Bertz CT molecular complexity index is 1010. The van der Waals surface area contributed by atoms with Gasteiger partial charge in [0.2, 0.25) is 0 Å². The Hall–Kier alpha value is -0.996.